The molecule has 0 radical (unpaired) electrons. The first kappa shape index (κ1) is 18.7. The standard InChI is InChI=1S/C17H16ClF3N2O3/c18-13-7-2-1-6-12(13)15-23-22-14(26-15)9-25-16(24)10-4-3-5-11(8-10)17(19,20)21/h1-2,6-7,10-11H,3-5,8-9H2. The Morgan fingerprint density at radius 1 is 1.27 bits per heavy atom. The topological polar surface area (TPSA) is 65.2 Å². The van der Waals surface area contributed by atoms with Gasteiger partial charge in [0.2, 0.25) is 5.89 Å². The Morgan fingerprint density at radius 3 is 2.77 bits per heavy atom. The number of rotatable bonds is 4. The molecule has 1 fully saturated rings. The minimum Gasteiger partial charge on any atom is -0.455 e. The molecule has 5 nitrogen and oxygen atoms in total. The molecule has 1 aliphatic carbocycles. The van der Waals surface area contributed by atoms with Crippen LogP contribution in [0.5, 0.6) is 0 Å². The monoisotopic (exact) mass is 388 g/mol. The number of hydrogen-bond acceptors (Lipinski definition) is 5. The average Bonchev–Trinajstić information content (AvgIpc) is 3.08. The number of nitrogens with zero attached hydrogens (tertiary/aromatic N) is 2. The van der Waals surface area contributed by atoms with Crippen LogP contribution in [0.1, 0.15) is 31.6 Å². The molecule has 0 N–H and O–H groups in total. The van der Waals surface area contributed by atoms with Crippen LogP contribution in [0.25, 0.3) is 11.5 Å². The van der Waals surface area contributed by atoms with Crippen molar-refractivity contribution in [2.24, 2.45) is 11.8 Å². The van der Waals surface area contributed by atoms with Crippen LogP contribution in [0.15, 0.2) is 28.7 Å². The van der Waals surface area contributed by atoms with Gasteiger partial charge < -0.3 is 9.15 Å². The number of carbonyl (C=O) groups excluding carboxylic acids is 1. The second-order valence-corrected chi connectivity index (χ2v) is 6.60. The maximum Gasteiger partial charge on any atom is 0.391 e. The van der Waals surface area contributed by atoms with Crippen molar-refractivity contribution in [1.29, 1.82) is 0 Å². The van der Waals surface area contributed by atoms with E-state index < -0.39 is 24.0 Å². The Balaban J connectivity index is 1.58. The number of esters is 1. The Morgan fingerprint density at radius 2 is 2.04 bits per heavy atom. The SMILES string of the molecule is O=C(OCc1nnc(-c2ccccc2Cl)o1)C1CCCC(C(F)(F)F)C1. The lowest BCUT2D eigenvalue weighted by atomic mass is 9.81. The predicted octanol–water partition coefficient (Wildman–Crippen LogP) is 4.80. The molecule has 0 saturated heterocycles. The van der Waals surface area contributed by atoms with Crippen LogP contribution in [-0.2, 0) is 16.1 Å². The first-order valence-corrected chi connectivity index (χ1v) is 8.53. The maximum absolute atomic E-state index is 12.8. The second kappa shape index (κ2) is 7.65. The number of hydrogen-bond donors (Lipinski definition) is 0. The summed E-state index contributed by atoms with van der Waals surface area (Å²) in [6, 6.07) is 6.88. The molecule has 1 heterocycles. The molecule has 9 heteroatoms. The van der Waals surface area contributed by atoms with Crippen molar-refractivity contribution in [3.8, 4) is 11.5 Å². The van der Waals surface area contributed by atoms with Gasteiger partial charge in [-0.2, -0.15) is 13.2 Å². The summed E-state index contributed by atoms with van der Waals surface area (Å²) in [5, 5.41) is 8.04. The average molecular weight is 389 g/mol. The van der Waals surface area contributed by atoms with Crippen LogP contribution < -0.4 is 0 Å². The summed E-state index contributed by atoms with van der Waals surface area (Å²) in [4.78, 5) is 12.1. The number of benzene rings is 1. The molecule has 2 atom stereocenters. The largest absolute Gasteiger partial charge is 0.455 e. The fourth-order valence-corrected chi connectivity index (χ4v) is 3.22. The van der Waals surface area contributed by atoms with Crippen molar-refractivity contribution in [3.63, 3.8) is 0 Å². The number of aromatic nitrogens is 2. The smallest absolute Gasteiger partial charge is 0.391 e. The van der Waals surface area contributed by atoms with Gasteiger partial charge in [0, 0.05) is 0 Å². The molecule has 0 aliphatic heterocycles. The highest BCUT2D eigenvalue weighted by Crippen LogP contribution is 2.40. The number of alkyl halides is 3. The Labute approximate surface area is 152 Å². The highest BCUT2D eigenvalue weighted by molar-refractivity contribution is 6.33. The van der Waals surface area contributed by atoms with Crippen LogP contribution in [0.3, 0.4) is 0 Å². The molecule has 1 aromatic heterocycles. The van der Waals surface area contributed by atoms with E-state index in [0.29, 0.717) is 23.4 Å². The number of halogens is 4. The summed E-state index contributed by atoms with van der Waals surface area (Å²) in [5.41, 5.74) is 0.541. The van der Waals surface area contributed by atoms with E-state index >= 15 is 0 Å². The quantitative estimate of drug-likeness (QED) is 0.704. The maximum atomic E-state index is 12.8. The van der Waals surface area contributed by atoms with Gasteiger partial charge in [0.25, 0.3) is 5.89 Å². The highest BCUT2D eigenvalue weighted by atomic mass is 35.5. The lowest BCUT2D eigenvalue weighted by Gasteiger charge is -2.29. The zero-order valence-electron chi connectivity index (χ0n) is 13.6. The Bertz CT molecular complexity index is 779. The highest BCUT2D eigenvalue weighted by Gasteiger charge is 2.44. The molecular formula is C17H16ClF3N2O3. The fourth-order valence-electron chi connectivity index (χ4n) is 3.01. The van der Waals surface area contributed by atoms with Gasteiger partial charge in [0.15, 0.2) is 6.61 Å². The minimum atomic E-state index is -4.28. The van der Waals surface area contributed by atoms with E-state index in [2.05, 4.69) is 10.2 Å². The van der Waals surface area contributed by atoms with Gasteiger partial charge in [-0.15, -0.1) is 10.2 Å². The van der Waals surface area contributed by atoms with Crippen LogP contribution in [0.2, 0.25) is 5.02 Å². The third-order valence-corrected chi connectivity index (χ3v) is 4.71. The van der Waals surface area contributed by atoms with Gasteiger partial charge >= 0.3 is 12.1 Å². The molecule has 1 aromatic carbocycles. The Kier molecular flexibility index (Phi) is 5.50. The van der Waals surface area contributed by atoms with E-state index in [1.165, 1.54) is 0 Å². The van der Waals surface area contributed by atoms with Crippen molar-refractivity contribution in [2.75, 3.05) is 0 Å². The second-order valence-electron chi connectivity index (χ2n) is 6.19. The molecule has 26 heavy (non-hydrogen) atoms. The lowest BCUT2D eigenvalue weighted by Crippen LogP contribution is -2.32. The molecule has 0 spiro atoms. The molecular weight excluding hydrogens is 373 g/mol. The summed E-state index contributed by atoms with van der Waals surface area (Å²) < 4.78 is 49.0. The minimum absolute atomic E-state index is 0.0523. The summed E-state index contributed by atoms with van der Waals surface area (Å²) in [5.74, 6) is -2.66. The zero-order valence-corrected chi connectivity index (χ0v) is 14.4. The lowest BCUT2D eigenvalue weighted by molar-refractivity contribution is -0.189. The predicted molar refractivity (Wildman–Crippen MR) is 86.0 cm³/mol. The van der Waals surface area contributed by atoms with Crippen molar-refractivity contribution in [3.05, 3.63) is 35.2 Å². The molecule has 3 rings (SSSR count). The van der Waals surface area contributed by atoms with Crippen LogP contribution in [-0.4, -0.2) is 22.3 Å². The summed E-state index contributed by atoms with van der Waals surface area (Å²) in [6.07, 6.45) is -3.73. The van der Waals surface area contributed by atoms with Gasteiger partial charge in [0.05, 0.1) is 22.4 Å². The van der Waals surface area contributed by atoms with E-state index in [4.69, 9.17) is 20.8 Å². The van der Waals surface area contributed by atoms with E-state index in [1.807, 2.05) is 0 Å². The summed E-state index contributed by atoms with van der Waals surface area (Å²) in [7, 11) is 0. The fraction of sp³-hybridized carbons (Fsp3) is 0.471. The van der Waals surface area contributed by atoms with E-state index in [-0.39, 0.29) is 31.2 Å². The zero-order chi connectivity index (χ0) is 18.7. The van der Waals surface area contributed by atoms with Crippen LogP contribution in [0.4, 0.5) is 13.2 Å². The van der Waals surface area contributed by atoms with Crippen molar-refractivity contribution in [1.82, 2.24) is 10.2 Å². The summed E-state index contributed by atoms with van der Waals surface area (Å²) >= 11 is 6.04. The van der Waals surface area contributed by atoms with E-state index in [9.17, 15) is 18.0 Å². The van der Waals surface area contributed by atoms with Gasteiger partial charge in [-0.3, -0.25) is 4.79 Å². The molecule has 0 amide bonds. The molecule has 2 unspecified atom stereocenters. The molecule has 1 aliphatic rings. The van der Waals surface area contributed by atoms with Crippen LogP contribution in [0, 0.1) is 11.8 Å². The molecule has 0 bridgehead atoms. The van der Waals surface area contributed by atoms with E-state index in [0.717, 1.165) is 0 Å². The van der Waals surface area contributed by atoms with E-state index in [1.54, 1.807) is 24.3 Å². The first-order chi connectivity index (χ1) is 12.3. The molecule has 1 saturated carbocycles. The van der Waals surface area contributed by atoms with Gasteiger partial charge in [0.1, 0.15) is 0 Å². The normalized spacial score (nSPS) is 20.8. The number of carbonyl (C=O) groups is 1. The summed E-state index contributed by atoms with van der Waals surface area (Å²) in [6.45, 7) is -0.288. The molecule has 140 valence electrons. The third-order valence-electron chi connectivity index (χ3n) is 4.38. The van der Waals surface area contributed by atoms with Crippen molar-refractivity contribution >= 4 is 17.6 Å². The van der Waals surface area contributed by atoms with Gasteiger partial charge in [-0.1, -0.05) is 30.2 Å². The molecule has 2 aromatic rings. The van der Waals surface area contributed by atoms with Crippen molar-refractivity contribution in [2.45, 2.75) is 38.5 Å². The van der Waals surface area contributed by atoms with Crippen LogP contribution >= 0.6 is 11.6 Å². The first-order valence-electron chi connectivity index (χ1n) is 8.15. The van der Waals surface area contributed by atoms with Crippen molar-refractivity contribution < 1.29 is 27.1 Å². The third kappa shape index (κ3) is 4.35. The van der Waals surface area contributed by atoms with Gasteiger partial charge in [-0.05, 0) is 31.4 Å². The number of ether oxygens (including phenoxy) is 1. The van der Waals surface area contributed by atoms with Gasteiger partial charge in [-0.25, -0.2) is 0 Å². The Hall–Kier alpha value is -2.09.